The summed E-state index contributed by atoms with van der Waals surface area (Å²) in [4.78, 5) is 15.2. The number of para-hydroxylation sites is 1. The summed E-state index contributed by atoms with van der Waals surface area (Å²) in [6, 6.07) is 62.0. The first-order valence-corrected chi connectivity index (χ1v) is 20.6. The van der Waals surface area contributed by atoms with Gasteiger partial charge < -0.3 is 4.42 Å². The summed E-state index contributed by atoms with van der Waals surface area (Å²) in [6.07, 6.45) is 0. The molecule has 0 aliphatic rings. The van der Waals surface area contributed by atoms with Crippen LogP contribution < -0.4 is 0 Å². The van der Waals surface area contributed by atoms with Crippen LogP contribution in [0.3, 0.4) is 0 Å². The first-order valence-electron chi connectivity index (χ1n) is 18.9. The molecular formula is C51H29N3OS2. The van der Waals surface area contributed by atoms with Gasteiger partial charge >= 0.3 is 0 Å². The van der Waals surface area contributed by atoms with Crippen molar-refractivity contribution in [3.63, 3.8) is 0 Å². The number of benzene rings is 8. The monoisotopic (exact) mass is 763 g/mol. The molecule has 4 heterocycles. The van der Waals surface area contributed by atoms with Gasteiger partial charge in [-0.1, -0.05) is 133 Å². The van der Waals surface area contributed by atoms with E-state index in [0.29, 0.717) is 17.5 Å². The topological polar surface area (TPSA) is 51.8 Å². The van der Waals surface area contributed by atoms with Crippen molar-refractivity contribution in [3.8, 4) is 56.4 Å². The van der Waals surface area contributed by atoms with E-state index in [9.17, 15) is 0 Å². The van der Waals surface area contributed by atoms with E-state index < -0.39 is 0 Å². The Morgan fingerprint density at radius 3 is 1.79 bits per heavy atom. The molecule has 4 nitrogen and oxygen atoms in total. The van der Waals surface area contributed by atoms with Crippen molar-refractivity contribution in [1.29, 1.82) is 0 Å². The Morgan fingerprint density at radius 2 is 0.982 bits per heavy atom. The van der Waals surface area contributed by atoms with Crippen LogP contribution in [0.5, 0.6) is 0 Å². The molecule has 0 atom stereocenters. The van der Waals surface area contributed by atoms with Crippen molar-refractivity contribution in [1.82, 2.24) is 15.0 Å². The molecule has 0 aliphatic heterocycles. The van der Waals surface area contributed by atoms with Crippen LogP contribution in [0.4, 0.5) is 0 Å². The van der Waals surface area contributed by atoms with Crippen LogP contribution in [0.15, 0.2) is 180 Å². The lowest BCUT2D eigenvalue weighted by Gasteiger charge is -2.11. The van der Waals surface area contributed by atoms with Gasteiger partial charge in [0.15, 0.2) is 17.5 Å². The highest BCUT2D eigenvalue weighted by Gasteiger charge is 2.21. The molecule has 4 aromatic heterocycles. The van der Waals surface area contributed by atoms with Crippen LogP contribution in [-0.4, -0.2) is 15.0 Å². The highest BCUT2D eigenvalue weighted by Crippen LogP contribution is 2.47. The fourth-order valence-electron chi connectivity index (χ4n) is 8.28. The number of aromatic nitrogens is 3. The highest BCUT2D eigenvalue weighted by molar-refractivity contribution is 7.26. The SMILES string of the molecule is c1ccc(-c2nc(-c3ccccc3)nc(-c3cccc4c3sc3cccc(-c5cc(-c6ccc7c(c6)sc6ccccc67)cc6c5oc5ccccc56)c34)n2)cc1. The molecule has 12 rings (SSSR count). The van der Waals surface area contributed by atoms with Crippen LogP contribution >= 0.6 is 22.7 Å². The number of hydrogen-bond acceptors (Lipinski definition) is 6. The molecule has 0 spiro atoms. The Kier molecular flexibility index (Phi) is 7.24. The molecule has 0 bridgehead atoms. The van der Waals surface area contributed by atoms with Gasteiger partial charge in [-0.2, -0.15) is 0 Å². The van der Waals surface area contributed by atoms with Gasteiger partial charge in [-0.3, -0.25) is 0 Å². The highest BCUT2D eigenvalue weighted by atomic mass is 32.1. The van der Waals surface area contributed by atoms with Crippen LogP contribution in [0.2, 0.25) is 0 Å². The van der Waals surface area contributed by atoms with Gasteiger partial charge in [-0.15, -0.1) is 22.7 Å². The minimum Gasteiger partial charge on any atom is -0.455 e. The molecular weight excluding hydrogens is 735 g/mol. The Hall–Kier alpha value is -6.99. The van der Waals surface area contributed by atoms with Gasteiger partial charge in [0.2, 0.25) is 0 Å². The normalized spacial score (nSPS) is 11.9. The lowest BCUT2D eigenvalue weighted by Crippen LogP contribution is -2.00. The molecule has 0 unspecified atom stereocenters. The summed E-state index contributed by atoms with van der Waals surface area (Å²) < 4.78 is 11.7. The number of hydrogen-bond donors (Lipinski definition) is 0. The van der Waals surface area contributed by atoms with Gasteiger partial charge in [0.25, 0.3) is 0 Å². The fraction of sp³-hybridized carbons (Fsp3) is 0. The van der Waals surface area contributed by atoms with Crippen molar-refractivity contribution in [3.05, 3.63) is 176 Å². The van der Waals surface area contributed by atoms with E-state index in [0.717, 1.165) is 65.4 Å². The van der Waals surface area contributed by atoms with E-state index in [4.69, 9.17) is 19.4 Å². The largest absolute Gasteiger partial charge is 0.455 e. The molecule has 0 saturated heterocycles. The van der Waals surface area contributed by atoms with Gasteiger partial charge in [-0.05, 0) is 59.2 Å². The molecule has 12 aromatic rings. The van der Waals surface area contributed by atoms with Crippen LogP contribution in [0.25, 0.3) is 119 Å². The second-order valence-electron chi connectivity index (χ2n) is 14.3. The predicted molar refractivity (Wildman–Crippen MR) is 240 cm³/mol. The first kappa shape index (κ1) is 32.3. The number of nitrogens with zero attached hydrogens (tertiary/aromatic N) is 3. The van der Waals surface area contributed by atoms with E-state index in [1.54, 1.807) is 11.3 Å². The van der Waals surface area contributed by atoms with E-state index in [-0.39, 0.29) is 0 Å². The molecule has 0 N–H and O–H groups in total. The third kappa shape index (κ3) is 5.22. The standard InChI is InChI=1S/C51H29N3OS2/c1-3-13-30(14-4-1)49-52-50(31-15-5-2-6-16-31)54-51(53-49)39-21-11-20-38-46-37(19-12-24-44(46)57-48(38)39)41-28-33(27-40-34-17-7-9-22-42(34)55-47(40)41)32-25-26-36-35-18-8-10-23-43(35)56-45(36)29-32/h1-29H. The van der Waals surface area contributed by atoms with Gasteiger partial charge in [-0.25, -0.2) is 15.0 Å². The zero-order chi connectivity index (χ0) is 37.5. The van der Waals surface area contributed by atoms with Crippen molar-refractivity contribution >= 4 is 85.0 Å². The summed E-state index contributed by atoms with van der Waals surface area (Å²) >= 11 is 3.63. The average Bonchev–Trinajstić information content (AvgIpc) is 3.97. The minimum atomic E-state index is 0.649. The van der Waals surface area contributed by atoms with E-state index in [1.165, 1.54) is 35.8 Å². The Labute approximate surface area is 335 Å². The number of rotatable bonds is 5. The van der Waals surface area contributed by atoms with E-state index >= 15 is 0 Å². The Morgan fingerprint density at radius 1 is 0.351 bits per heavy atom. The number of fused-ring (bicyclic) bond motifs is 9. The zero-order valence-electron chi connectivity index (χ0n) is 30.3. The van der Waals surface area contributed by atoms with Crippen molar-refractivity contribution in [2.24, 2.45) is 0 Å². The Balaban J connectivity index is 1.09. The van der Waals surface area contributed by atoms with Crippen LogP contribution in [0.1, 0.15) is 0 Å². The maximum atomic E-state index is 6.76. The second kappa shape index (κ2) is 12.8. The van der Waals surface area contributed by atoms with E-state index in [2.05, 4.69) is 109 Å². The maximum Gasteiger partial charge on any atom is 0.165 e. The fourth-order valence-corrected chi connectivity index (χ4v) is 10.7. The maximum absolute atomic E-state index is 6.76. The molecule has 8 aromatic carbocycles. The molecule has 0 fully saturated rings. The summed E-state index contributed by atoms with van der Waals surface area (Å²) in [5.74, 6) is 1.95. The lowest BCUT2D eigenvalue weighted by molar-refractivity contribution is 0.670. The molecule has 57 heavy (non-hydrogen) atoms. The first-order chi connectivity index (χ1) is 28.2. The molecule has 0 aliphatic carbocycles. The van der Waals surface area contributed by atoms with Gasteiger partial charge in [0.05, 0.1) is 0 Å². The lowest BCUT2D eigenvalue weighted by atomic mass is 9.93. The number of thiophene rings is 2. The molecule has 266 valence electrons. The summed E-state index contributed by atoms with van der Waals surface area (Å²) in [5, 5.41) is 7.18. The minimum absolute atomic E-state index is 0.649. The smallest absolute Gasteiger partial charge is 0.165 e. The van der Waals surface area contributed by atoms with Crippen molar-refractivity contribution in [2.45, 2.75) is 0 Å². The summed E-state index contributed by atoms with van der Waals surface area (Å²) in [7, 11) is 0. The third-order valence-electron chi connectivity index (χ3n) is 10.9. The predicted octanol–water partition coefficient (Wildman–Crippen LogP) is 14.8. The Bertz CT molecular complexity index is 3470. The van der Waals surface area contributed by atoms with Crippen molar-refractivity contribution < 1.29 is 4.42 Å². The summed E-state index contributed by atoms with van der Waals surface area (Å²) in [5.41, 5.74) is 9.21. The third-order valence-corrected chi connectivity index (χ3v) is 13.3. The number of furan rings is 1. The second-order valence-corrected chi connectivity index (χ2v) is 16.4. The van der Waals surface area contributed by atoms with Gasteiger partial charge in [0.1, 0.15) is 11.2 Å². The van der Waals surface area contributed by atoms with E-state index in [1.807, 2.05) is 78.1 Å². The average molecular weight is 764 g/mol. The van der Waals surface area contributed by atoms with Crippen molar-refractivity contribution in [2.75, 3.05) is 0 Å². The van der Waals surface area contributed by atoms with Crippen LogP contribution in [-0.2, 0) is 0 Å². The molecule has 0 amide bonds. The molecule has 6 heteroatoms. The van der Waals surface area contributed by atoms with Gasteiger partial charge in [0, 0.05) is 73.4 Å². The molecule has 0 saturated carbocycles. The quantitative estimate of drug-likeness (QED) is 0.175. The van der Waals surface area contributed by atoms with Crippen LogP contribution in [0, 0.1) is 0 Å². The summed E-state index contributed by atoms with van der Waals surface area (Å²) in [6.45, 7) is 0. The molecule has 0 radical (unpaired) electrons. The zero-order valence-corrected chi connectivity index (χ0v) is 31.9.